The summed E-state index contributed by atoms with van der Waals surface area (Å²) >= 11 is 0. The highest BCUT2D eigenvalue weighted by Gasteiger charge is 2.03. The number of hydrogen-bond acceptors (Lipinski definition) is 3. The predicted octanol–water partition coefficient (Wildman–Crippen LogP) is 2.94. The minimum absolute atomic E-state index is 0.758. The molecule has 3 aromatic rings. The van der Waals surface area contributed by atoms with Crippen LogP contribution in [0.3, 0.4) is 0 Å². The minimum Gasteiger partial charge on any atom is -0.366 e. The fourth-order valence-corrected chi connectivity index (χ4v) is 2.11. The van der Waals surface area contributed by atoms with Crippen LogP contribution in [0, 0.1) is 0 Å². The average Bonchev–Trinajstić information content (AvgIpc) is 3.00. The molecule has 0 aliphatic carbocycles. The van der Waals surface area contributed by atoms with Gasteiger partial charge in [0.25, 0.3) is 0 Å². The van der Waals surface area contributed by atoms with Crippen molar-refractivity contribution in [1.82, 2.24) is 14.8 Å². The monoisotopic (exact) mass is 264 g/mol. The maximum absolute atomic E-state index is 4.27. The molecule has 0 amide bonds. The van der Waals surface area contributed by atoms with Gasteiger partial charge >= 0.3 is 0 Å². The van der Waals surface area contributed by atoms with Crippen LogP contribution in [0.2, 0.25) is 0 Å². The van der Waals surface area contributed by atoms with Crippen LogP contribution in [-0.4, -0.2) is 14.8 Å². The second-order valence-electron chi connectivity index (χ2n) is 4.54. The Bertz CT molecular complexity index is 647. The maximum Gasteiger partial charge on any atom is 0.126 e. The van der Waals surface area contributed by atoms with E-state index in [2.05, 4.69) is 39.7 Å². The molecule has 0 saturated carbocycles. The molecule has 0 fully saturated rings. The molecule has 0 aliphatic rings. The third-order valence-corrected chi connectivity index (χ3v) is 3.13. The van der Waals surface area contributed by atoms with Crippen LogP contribution in [0.15, 0.2) is 67.1 Å². The van der Waals surface area contributed by atoms with Gasteiger partial charge in [0.05, 0.1) is 6.54 Å². The van der Waals surface area contributed by atoms with Crippen molar-refractivity contribution in [2.75, 3.05) is 5.32 Å². The van der Waals surface area contributed by atoms with Crippen molar-refractivity contribution in [3.8, 4) is 0 Å². The van der Waals surface area contributed by atoms with Gasteiger partial charge in [-0.05, 0) is 29.3 Å². The molecular weight excluding hydrogens is 248 g/mol. The van der Waals surface area contributed by atoms with E-state index in [1.54, 1.807) is 12.4 Å². The van der Waals surface area contributed by atoms with Crippen LogP contribution in [0.5, 0.6) is 0 Å². The lowest BCUT2D eigenvalue weighted by Gasteiger charge is -2.11. The molecule has 4 heteroatoms. The Kier molecular flexibility index (Phi) is 3.73. The standard InChI is InChI=1S/C16H16N4/c1-2-7-15(13-20-11-5-10-19-20)14(6-1)12-18-16-8-3-4-9-17-16/h1-11H,12-13H2,(H,17,18). The molecule has 4 nitrogen and oxygen atoms in total. The third-order valence-electron chi connectivity index (χ3n) is 3.13. The van der Waals surface area contributed by atoms with Gasteiger partial charge in [0.2, 0.25) is 0 Å². The molecule has 0 atom stereocenters. The number of hydrogen-bond donors (Lipinski definition) is 1. The summed E-state index contributed by atoms with van der Waals surface area (Å²) in [6.07, 6.45) is 5.57. The summed E-state index contributed by atoms with van der Waals surface area (Å²) in [5.41, 5.74) is 2.52. The van der Waals surface area contributed by atoms with Gasteiger partial charge in [-0.2, -0.15) is 5.10 Å². The number of rotatable bonds is 5. The van der Waals surface area contributed by atoms with E-state index in [1.165, 1.54) is 11.1 Å². The first-order chi connectivity index (χ1) is 9.92. The Labute approximate surface area is 118 Å². The predicted molar refractivity (Wildman–Crippen MR) is 79.3 cm³/mol. The SMILES string of the molecule is c1ccc(NCc2ccccc2Cn2cccn2)nc1. The van der Waals surface area contributed by atoms with E-state index in [0.29, 0.717) is 0 Å². The molecule has 3 rings (SSSR count). The summed E-state index contributed by atoms with van der Waals surface area (Å²) in [5.74, 6) is 0.890. The number of nitrogens with zero attached hydrogens (tertiary/aromatic N) is 3. The van der Waals surface area contributed by atoms with E-state index in [0.717, 1.165) is 18.9 Å². The minimum atomic E-state index is 0.758. The van der Waals surface area contributed by atoms with E-state index in [4.69, 9.17) is 0 Å². The van der Waals surface area contributed by atoms with Gasteiger partial charge in [0, 0.05) is 25.1 Å². The zero-order valence-electron chi connectivity index (χ0n) is 11.1. The fourth-order valence-electron chi connectivity index (χ4n) is 2.11. The maximum atomic E-state index is 4.27. The highest BCUT2D eigenvalue weighted by molar-refractivity contribution is 5.37. The smallest absolute Gasteiger partial charge is 0.126 e. The summed E-state index contributed by atoms with van der Waals surface area (Å²) in [5, 5.41) is 7.59. The molecule has 0 radical (unpaired) electrons. The van der Waals surface area contributed by atoms with Crippen molar-refractivity contribution >= 4 is 5.82 Å². The molecule has 0 spiro atoms. The van der Waals surface area contributed by atoms with Gasteiger partial charge in [0.1, 0.15) is 5.82 Å². The molecule has 100 valence electrons. The summed E-state index contributed by atoms with van der Waals surface area (Å²) < 4.78 is 1.93. The van der Waals surface area contributed by atoms with Crippen LogP contribution in [0.4, 0.5) is 5.82 Å². The van der Waals surface area contributed by atoms with Gasteiger partial charge in [0.15, 0.2) is 0 Å². The van der Waals surface area contributed by atoms with Crippen molar-refractivity contribution < 1.29 is 0 Å². The summed E-state index contributed by atoms with van der Waals surface area (Å²) in [7, 11) is 0. The first kappa shape index (κ1) is 12.4. The van der Waals surface area contributed by atoms with Gasteiger partial charge < -0.3 is 5.32 Å². The van der Waals surface area contributed by atoms with Crippen LogP contribution in [0.25, 0.3) is 0 Å². The number of pyridine rings is 1. The normalized spacial score (nSPS) is 10.4. The number of aromatic nitrogens is 3. The molecule has 20 heavy (non-hydrogen) atoms. The van der Waals surface area contributed by atoms with Crippen molar-refractivity contribution in [2.24, 2.45) is 0 Å². The molecule has 0 unspecified atom stereocenters. The van der Waals surface area contributed by atoms with E-state index >= 15 is 0 Å². The number of anilines is 1. The van der Waals surface area contributed by atoms with E-state index in [1.807, 2.05) is 35.1 Å². The lowest BCUT2D eigenvalue weighted by molar-refractivity contribution is 0.682. The molecule has 2 aromatic heterocycles. The fraction of sp³-hybridized carbons (Fsp3) is 0.125. The van der Waals surface area contributed by atoms with Crippen molar-refractivity contribution in [2.45, 2.75) is 13.1 Å². The molecule has 2 heterocycles. The van der Waals surface area contributed by atoms with Crippen molar-refractivity contribution in [1.29, 1.82) is 0 Å². The zero-order chi connectivity index (χ0) is 13.6. The van der Waals surface area contributed by atoms with Crippen LogP contribution in [-0.2, 0) is 13.1 Å². The van der Waals surface area contributed by atoms with Gasteiger partial charge in [-0.3, -0.25) is 4.68 Å². The van der Waals surface area contributed by atoms with E-state index in [-0.39, 0.29) is 0 Å². The molecule has 1 N–H and O–H groups in total. The van der Waals surface area contributed by atoms with Gasteiger partial charge in [-0.15, -0.1) is 0 Å². The summed E-state index contributed by atoms with van der Waals surface area (Å²) in [6, 6.07) is 16.2. The van der Waals surface area contributed by atoms with E-state index in [9.17, 15) is 0 Å². The van der Waals surface area contributed by atoms with Gasteiger partial charge in [-0.25, -0.2) is 4.98 Å². The first-order valence-corrected chi connectivity index (χ1v) is 6.61. The van der Waals surface area contributed by atoms with Crippen LogP contribution in [0.1, 0.15) is 11.1 Å². The van der Waals surface area contributed by atoms with Gasteiger partial charge in [-0.1, -0.05) is 30.3 Å². The second kappa shape index (κ2) is 6.02. The third kappa shape index (κ3) is 3.03. The lowest BCUT2D eigenvalue weighted by atomic mass is 10.1. The molecule has 1 aromatic carbocycles. The number of benzene rings is 1. The highest BCUT2D eigenvalue weighted by atomic mass is 15.3. The average molecular weight is 264 g/mol. The molecular formula is C16H16N4. The Morgan fingerprint density at radius 2 is 1.75 bits per heavy atom. The lowest BCUT2D eigenvalue weighted by Crippen LogP contribution is -2.07. The van der Waals surface area contributed by atoms with Crippen LogP contribution < -0.4 is 5.32 Å². The second-order valence-corrected chi connectivity index (χ2v) is 4.54. The molecule has 0 aliphatic heterocycles. The highest BCUT2D eigenvalue weighted by Crippen LogP contribution is 2.12. The molecule has 0 saturated heterocycles. The van der Waals surface area contributed by atoms with E-state index < -0.39 is 0 Å². The summed E-state index contributed by atoms with van der Waals surface area (Å²) in [6.45, 7) is 1.54. The van der Waals surface area contributed by atoms with Crippen molar-refractivity contribution in [3.63, 3.8) is 0 Å². The van der Waals surface area contributed by atoms with Crippen molar-refractivity contribution in [3.05, 3.63) is 78.2 Å². The topological polar surface area (TPSA) is 42.7 Å². The molecule has 0 bridgehead atoms. The Balaban J connectivity index is 1.73. The first-order valence-electron chi connectivity index (χ1n) is 6.61. The van der Waals surface area contributed by atoms with Crippen LogP contribution >= 0.6 is 0 Å². The Morgan fingerprint density at radius 3 is 2.50 bits per heavy atom. The largest absolute Gasteiger partial charge is 0.366 e. The summed E-state index contributed by atoms with van der Waals surface area (Å²) in [4.78, 5) is 4.27. The number of nitrogens with one attached hydrogen (secondary N) is 1. The quantitative estimate of drug-likeness (QED) is 0.770. The zero-order valence-corrected chi connectivity index (χ0v) is 11.1. The Hall–Kier alpha value is -2.62. The Morgan fingerprint density at radius 1 is 0.900 bits per heavy atom.